The van der Waals surface area contributed by atoms with Gasteiger partial charge in [0, 0.05) is 6.61 Å². The van der Waals surface area contributed by atoms with E-state index in [4.69, 9.17) is 28.4 Å². The molecule has 3 saturated heterocycles. The van der Waals surface area contributed by atoms with Crippen LogP contribution in [0.4, 0.5) is 0 Å². The van der Waals surface area contributed by atoms with Crippen LogP contribution < -0.4 is 0 Å². The molecule has 0 aromatic rings. The van der Waals surface area contributed by atoms with Gasteiger partial charge in [-0.1, -0.05) is 13.3 Å². The smallest absolute Gasteiger partial charge is 0.187 e. The number of unbranched alkanes of at least 4 members (excludes halogenated alkanes) is 2. The Labute approximate surface area is 254 Å². The van der Waals surface area contributed by atoms with Gasteiger partial charge in [0.15, 0.2) is 18.9 Å². The highest BCUT2D eigenvalue weighted by molar-refractivity contribution is 7.99. The average molecular weight is 649 g/mol. The molecule has 0 amide bonds. The van der Waals surface area contributed by atoms with Gasteiger partial charge in [0.2, 0.25) is 0 Å². The normalized spacial score (nSPS) is 44.0. The topological polar surface area (TPSA) is 258 Å². The zero-order valence-electron chi connectivity index (χ0n) is 24.1. The Bertz CT molecular complexity index is 779. The number of hydrogen-bond acceptors (Lipinski definition) is 17. The van der Waals surface area contributed by atoms with Gasteiger partial charge in [-0.05, 0) is 30.8 Å². The minimum atomic E-state index is -1.88. The second-order valence-electron chi connectivity index (χ2n) is 10.9. The van der Waals surface area contributed by atoms with Crippen LogP contribution >= 0.6 is 11.8 Å². The zero-order chi connectivity index (χ0) is 31.7. The van der Waals surface area contributed by atoms with Crippen molar-refractivity contribution in [1.29, 1.82) is 0 Å². The molecular formula is C26H48O16S. The second kappa shape index (κ2) is 18.2. The van der Waals surface area contributed by atoms with Gasteiger partial charge in [-0.15, -0.1) is 0 Å². The second-order valence-corrected chi connectivity index (χ2v) is 12.1. The van der Waals surface area contributed by atoms with Crippen LogP contribution in [0.3, 0.4) is 0 Å². The Balaban J connectivity index is 1.57. The van der Waals surface area contributed by atoms with Crippen molar-refractivity contribution in [1.82, 2.24) is 0 Å². The van der Waals surface area contributed by atoms with Gasteiger partial charge < -0.3 is 79.5 Å². The summed E-state index contributed by atoms with van der Waals surface area (Å²) in [6, 6.07) is 0. The van der Waals surface area contributed by atoms with E-state index in [1.165, 1.54) is 0 Å². The van der Waals surface area contributed by atoms with Crippen molar-refractivity contribution < 1.29 is 79.5 Å². The third-order valence-corrected chi connectivity index (χ3v) is 8.83. The fraction of sp³-hybridized carbons (Fsp3) is 1.00. The summed E-state index contributed by atoms with van der Waals surface area (Å²) in [5.74, 6) is 2.06. The van der Waals surface area contributed by atoms with Crippen LogP contribution in [0, 0.1) is 0 Å². The van der Waals surface area contributed by atoms with Crippen molar-refractivity contribution in [2.75, 3.05) is 37.9 Å². The molecule has 3 aliphatic rings. The largest absolute Gasteiger partial charge is 0.394 e. The van der Waals surface area contributed by atoms with E-state index >= 15 is 0 Å². The number of aliphatic hydroxyl groups is 10. The Morgan fingerprint density at radius 2 is 1.00 bits per heavy atom. The third kappa shape index (κ3) is 9.39. The summed E-state index contributed by atoms with van der Waals surface area (Å²) in [6.45, 7) is 0.185. The molecule has 0 aromatic heterocycles. The van der Waals surface area contributed by atoms with Gasteiger partial charge in [0.25, 0.3) is 0 Å². The predicted octanol–water partition coefficient (Wildman–Crippen LogP) is -4.24. The van der Waals surface area contributed by atoms with Crippen LogP contribution in [0.1, 0.15) is 32.6 Å². The molecule has 10 N–H and O–H groups in total. The number of aliphatic hydroxyl groups excluding tert-OH is 10. The maximum atomic E-state index is 10.8. The molecule has 0 bridgehead atoms. The molecule has 15 atom stereocenters. The lowest BCUT2D eigenvalue weighted by Gasteiger charge is -2.48. The molecule has 3 aliphatic heterocycles. The fourth-order valence-electron chi connectivity index (χ4n) is 5.04. The van der Waals surface area contributed by atoms with Gasteiger partial charge in [-0.3, -0.25) is 0 Å². The highest BCUT2D eigenvalue weighted by atomic mass is 32.2. The summed E-state index contributed by atoms with van der Waals surface area (Å²) in [5, 5.41) is 102. The summed E-state index contributed by atoms with van der Waals surface area (Å²) in [7, 11) is 0. The van der Waals surface area contributed by atoms with E-state index in [0.717, 1.165) is 30.8 Å². The lowest BCUT2D eigenvalue weighted by molar-refractivity contribution is -0.379. The molecule has 0 aliphatic carbocycles. The monoisotopic (exact) mass is 648 g/mol. The van der Waals surface area contributed by atoms with Crippen LogP contribution in [0.2, 0.25) is 0 Å². The molecule has 17 heteroatoms. The number of ether oxygens (including phenoxy) is 6. The van der Waals surface area contributed by atoms with E-state index in [0.29, 0.717) is 6.42 Å². The number of hydrogen-bond donors (Lipinski definition) is 10. The summed E-state index contributed by atoms with van der Waals surface area (Å²) >= 11 is 1.85. The Hall–Kier alpha value is -0.290. The molecule has 43 heavy (non-hydrogen) atoms. The lowest BCUT2D eigenvalue weighted by Crippen LogP contribution is -2.66. The maximum Gasteiger partial charge on any atom is 0.187 e. The first kappa shape index (κ1) is 37.2. The van der Waals surface area contributed by atoms with Crippen LogP contribution in [0.25, 0.3) is 0 Å². The fourth-order valence-corrected chi connectivity index (χ4v) is 6.14. The van der Waals surface area contributed by atoms with Crippen LogP contribution in [0.5, 0.6) is 0 Å². The Kier molecular flexibility index (Phi) is 15.7. The third-order valence-electron chi connectivity index (χ3n) is 7.68. The molecule has 3 rings (SSSR count). The van der Waals surface area contributed by atoms with E-state index in [2.05, 4.69) is 6.92 Å². The van der Waals surface area contributed by atoms with Crippen molar-refractivity contribution in [3.63, 3.8) is 0 Å². The average Bonchev–Trinajstić information content (AvgIpc) is 3.01. The van der Waals surface area contributed by atoms with E-state index in [1.54, 1.807) is 0 Å². The van der Waals surface area contributed by atoms with Crippen LogP contribution in [-0.2, 0) is 28.4 Å². The van der Waals surface area contributed by atoms with Crippen LogP contribution in [-0.4, -0.2) is 181 Å². The summed E-state index contributed by atoms with van der Waals surface area (Å²) in [5.41, 5.74) is 0. The first-order valence-corrected chi connectivity index (χ1v) is 15.8. The molecular weight excluding hydrogens is 600 g/mol. The molecule has 0 saturated carbocycles. The highest BCUT2D eigenvalue weighted by Gasteiger charge is 2.53. The van der Waals surface area contributed by atoms with Crippen molar-refractivity contribution in [2.45, 2.75) is 125 Å². The van der Waals surface area contributed by atoms with E-state index < -0.39 is 112 Å². The molecule has 254 valence electrons. The predicted molar refractivity (Wildman–Crippen MR) is 146 cm³/mol. The van der Waals surface area contributed by atoms with Crippen molar-refractivity contribution in [3.05, 3.63) is 0 Å². The Morgan fingerprint density at radius 3 is 1.53 bits per heavy atom. The van der Waals surface area contributed by atoms with Gasteiger partial charge in [-0.2, -0.15) is 11.8 Å². The minimum absolute atomic E-state index is 0.247. The van der Waals surface area contributed by atoms with Crippen molar-refractivity contribution >= 4 is 11.8 Å². The molecule has 3 fully saturated rings. The first-order chi connectivity index (χ1) is 20.6. The first-order valence-electron chi connectivity index (χ1n) is 14.6. The van der Waals surface area contributed by atoms with E-state index in [1.807, 2.05) is 11.8 Å². The molecule has 16 nitrogen and oxygen atoms in total. The van der Waals surface area contributed by atoms with Gasteiger partial charge >= 0.3 is 0 Å². The molecule has 3 heterocycles. The zero-order valence-corrected chi connectivity index (χ0v) is 24.9. The maximum absolute atomic E-state index is 10.8. The van der Waals surface area contributed by atoms with Gasteiger partial charge in [-0.25, -0.2) is 0 Å². The molecule has 0 spiro atoms. The quantitative estimate of drug-likeness (QED) is 0.0711. The lowest BCUT2D eigenvalue weighted by atomic mass is 9.96. The minimum Gasteiger partial charge on any atom is -0.394 e. The number of thioether (sulfide) groups is 1. The van der Waals surface area contributed by atoms with Crippen LogP contribution in [0.15, 0.2) is 0 Å². The van der Waals surface area contributed by atoms with Gasteiger partial charge in [0.05, 0.1) is 19.8 Å². The van der Waals surface area contributed by atoms with Crippen molar-refractivity contribution in [3.8, 4) is 0 Å². The van der Waals surface area contributed by atoms with Crippen molar-refractivity contribution in [2.24, 2.45) is 0 Å². The van der Waals surface area contributed by atoms with E-state index in [9.17, 15) is 51.1 Å². The summed E-state index contributed by atoms with van der Waals surface area (Å²) < 4.78 is 33.2. The SMILES string of the molecule is CCCCSCCCCOC1OC(CO)C(OC2OC(CO)C(OC3OC(CO)C(O)C(O)C3O)C(O)C2O)C(O)C1O. The summed E-state index contributed by atoms with van der Waals surface area (Å²) in [6.07, 6.45) is -20.0. The summed E-state index contributed by atoms with van der Waals surface area (Å²) in [4.78, 5) is 0. The van der Waals surface area contributed by atoms with Gasteiger partial charge in [0.1, 0.15) is 73.2 Å². The standard InChI is InChI=1S/C26H48O16S/c1-2-3-7-43-8-5-4-6-37-24-20(35)17(32)22(13(10-28)39-24)42-26-21(36)18(33)23(14(11-29)40-26)41-25-19(34)16(31)15(30)12(9-27)38-25/h12-36H,2-11H2,1H3. The molecule has 15 unspecified atom stereocenters. The number of rotatable bonds is 16. The highest BCUT2D eigenvalue weighted by Crippen LogP contribution is 2.32. The Morgan fingerprint density at radius 1 is 0.535 bits per heavy atom. The molecule has 0 radical (unpaired) electrons. The van der Waals surface area contributed by atoms with E-state index in [-0.39, 0.29) is 6.61 Å². The molecule has 0 aromatic carbocycles.